The van der Waals surface area contributed by atoms with Crippen LogP contribution in [-0.2, 0) is 4.79 Å². The number of aromatic nitrogens is 2. The van der Waals surface area contributed by atoms with Gasteiger partial charge in [0.05, 0.1) is 0 Å². The Hall–Kier alpha value is -1.89. The van der Waals surface area contributed by atoms with Gasteiger partial charge >= 0.3 is 0 Å². The monoisotopic (exact) mass is 338 g/mol. The van der Waals surface area contributed by atoms with Crippen LogP contribution in [0.1, 0.15) is 17.3 Å². The van der Waals surface area contributed by atoms with Crippen LogP contribution < -0.4 is 11.0 Å². The number of Topliss-reactive ketones (excluding diaryl/α,β-unsaturated/α-hetero) is 1. The van der Waals surface area contributed by atoms with E-state index in [2.05, 4.69) is 15.4 Å². The summed E-state index contributed by atoms with van der Waals surface area (Å²) < 4.78 is 0. The number of alkyl halides is 1. The molecule has 1 aromatic carbocycles. The maximum atomic E-state index is 12.0. The number of hydrogen-bond acceptors (Lipinski definition) is 5. The van der Waals surface area contributed by atoms with Crippen molar-refractivity contribution in [2.75, 3.05) is 5.43 Å². The Labute approximate surface area is 136 Å². The van der Waals surface area contributed by atoms with E-state index in [0.29, 0.717) is 10.7 Å². The maximum Gasteiger partial charge on any atom is 0.252 e. The first-order chi connectivity index (χ1) is 10.5. The Morgan fingerprint density at radius 1 is 1.27 bits per heavy atom. The number of nitrogens with one attached hydrogen (secondary N) is 2. The van der Waals surface area contributed by atoms with Gasteiger partial charge in [-0.05, 0) is 24.6 Å². The molecule has 1 aromatic heterocycles. The molecule has 2 aromatic rings. The molecule has 0 radical (unpaired) electrons. The van der Waals surface area contributed by atoms with E-state index in [1.54, 1.807) is 31.2 Å². The number of hydrogen-bond donors (Lipinski definition) is 2. The molecule has 0 aliphatic carbocycles. The molecule has 8 heteroatoms. The highest BCUT2D eigenvalue weighted by atomic mass is 35.5. The van der Waals surface area contributed by atoms with Crippen molar-refractivity contribution in [1.82, 2.24) is 15.0 Å². The fourth-order valence-corrected chi connectivity index (χ4v) is 2.71. The van der Waals surface area contributed by atoms with Crippen LogP contribution in [0.3, 0.4) is 0 Å². The number of carbonyl (C=O) groups excluding carboxylic acids is 1. The predicted octanol–water partition coefficient (Wildman–Crippen LogP) is 2.25. The highest BCUT2D eigenvalue weighted by Gasteiger charge is 2.48. The maximum absolute atomic E-state index is 12.0. The van der Waals surface area contributed by atoms with Crippen molar-refractivity contribution in [3.8, 4) is 0 Å². The van der Waals surface area contributed by atoms with Gasteiger partial charge in [-0.25, -0.2) is 4.98 Å². The fraction of sp³-hybridized carbons (Fsp3) is 0.214. The van der Waals surface area contributed by atoms with Gasteiger partial charge in [-0.2, -0.15) is 5.01 Å². The molecule has 6 nitrogen and oxygen atoms in total. The number of benzene rings is 1. The third kappa shape index (κ3) is 2.72. The number of nitrogens with zero attached hydrogens (tertiary/aromatic N) is 2. The van der Waals surface area contributed by atoms with Crippen molar-refractivity contribution in [3.63, 3.8) is 0 Å². The number of anilines is 1. The highest BCUT2D eigenvalue weighted by molar-refractivity contribution is 6.34. The minimum atomic E-state index is -0.827. The predicted molar refractivity (Wildman–Crippen MR) is 83.9 cm³/mol. The number of ketones is 1. The zero-order valence-electron chi connectivity index (χ0n) is 11.5. The average Bonchev–Trinajstić information content (AvgIpc) is 2.47. The zero-order valence-corrected chi connectivity index (χ0v) is 13.0. The normalized spacial score (nSPS) is 21.5. The van der Waals surface area contributed by atoms with E-state index in [0.717, 1.165) is 5.56 Å². The Morgan fingerprint density at radius 3 is 2.59 bits per heavy atom. The van der Waals surface area contributed by atoms with E-state index in [9.17, 15) is 9.59 Å². The summed E-state index contributed by atoms with van der Waals surface area (Å²) in [4.78, 5) is 30.2. The van der Waals surface area contributed by atoms with Crippen LogP contribution in [-0.4, -0.2) is 26.3 Å². The van der Waals surface area contributed by atoms with Gasteiger partial charge in [-0.15, -0.1) is 0 Å². The first kappa shape index (κ1) is 15.0. The molecule has 2 heterocycles. The largest absolute Gasteiger partial charge is 0.294 e. The Bertz CT molecular complexity index is 775. The van der Waals surface area contributed by atoms with Crippen molar-refractivity contribution in [1.29, 1.82) is 0 Å². The zero-order chi connectivity index (χ0) is 15.9. The van der Waals surface area contributed by atoms with Gasteiger partial charge < -0.3 is 0 Å². The summed E-state index contributed by atoms with van der Waals surface area (Å²) >= 11 is 11.9. The third-order valence-electron chi connectivity index (χ3n) is 3.32. The SMILES string of the molecule is Cc1cc(=O)[nH]c(NN2[C@@H](c3ccc(Cl)cc3)C(=O)[C@@H]2Cl)n1. The lowest BCUT2D eigenvalue weighted by molar-refractivity contribution is -0.137. The highest BCUT2D eigenvalue weighted by Crippen LogP contribution is 2.37. The molecule has 1 aliphatic rings. The van der Waals surface area contributed by atoms with Gasteiger partial charge in [0.1, 0.15) is 6.04 Å². The standard InChI is InChI=1S/C14H12Cl2N4O2/c1-7-6-10(21)18-14(17-7)19-20-11(12(22)13(20)16)8-2-4-9(15)5-3-8/h2-6,11,13H,1H3,(H2,17,18,19,21)/t11-,13+/m0/s1. The number of H-pyrrole nitrogens is 1. The number of carbonyl (C=O) groups is 1. The number of halogens is 2. The molecule has 22 heavy (non-hydrogen) atoms. The Kier molecular flexibility index (Phi) is 3.90. The summed E-state index contributed by atoms with van der Waals surface area (Å²) in [6.45, 7) is 1.70. The molecule has 1 aliphatic heterocycles. The summed E-state index contributed by atoms with van der Waals surface area (Å²) in [6.07, 6.45) is 0. The number of aryl methyl sites for hydroxylation is 1. The Balaban J connectivity index is 1.86. The number of aromatic amines is 1. The van der Waals surface area contributed by atoms with Crippen LogP contribution in [0.4, 0.5) is 5.95 Å². The molecule has 0 amide bonds. The topological polar surface area (TPSA) is 78.1 Å². The molecule has 1 saturated heterocycles. The van der Waals surface area contributed by atoms with Crippen molar-refractivity contribution in [3.05, 3.63) is 57.0 Å². The Morgan fingerprint density at radius 2 is 1.95 bits per heavy atom. The number of rotatable bonds is 3. The lowest BCUT2D eigenvalue weighted by atomic mass is 9.95. The summed E-state index contributed by atoms with van der Waals surface area (Å²) in [5.41, 5.74) is 3.10. The molecule has 0 bridgehead atoms. The first-order valence-electron chi connectivity index (χ1n) is 6.52. The summed E-state index contributed by atoms with van der Waals surface area (Å²) in [5.74, 6) is 0.105. The smallest absolute Gasteiger partial charge is 0.252 e. The van der Waals surface area contributed by atoms with Gasteiger partial charge in [0.25, 0.3) is 5.56 Å². The van der Waals surface area contributed by atoms with Crippen molar-refractivity contribution < 1.29 is 4.79 Å². The van der Waals surface area contributed by atoms with E-state index in [1.165, 1.54) is 11.1 Å². The molecule has 2 N–H and O–H groups in total. The van der Waals surface area contributed by atoms with Crippen LogP contribution in [0.2, 0.25) is 5.02 Å². The molecule has 114 valence electrons. The van der Waals surface area contributed by atoms with Crippen molar-refractivity contribution in [2.24, 2.45) is 0 Å². The van der Waals surface area contributed by atoms with E-state index in [1.807, 2.05) is 0 Å². The van der Waals surface area contributed by atoms with Gasteiger partial charge in [-0.1, -0.05) is 35.3 Å². The lowest BCUT2D eigenvalue weighted by Crippen LogP contribution is -2.59. The van der Waals surface area contributed by atoms with E-state index in [-0.39, 0.29) is 17.3 Å². The minimum absolute atomic E-state index is 0.133. The summed E-state index contributed by atoms with van der Waals surface area (Å²) in [6, 6.07) is 7.75. The van der Waals surface area contributed by atoms with Crippen molar-refractivity contribution >= 4 is 34.9 Å². The molecule has 3 rings (SSSR count). The van der Waals surface area contributed by atoms with Crippen LogP contribution in [0.5, 0.6) is 0 Å². The second-order valence-electron chi connectivity index (χ2n) is 4.95. The molecule has 0 saturated carbocycles. The fourth-order valence-electron chi connectivity index (χ4n) is 2.30. The van der Waals surface area contributed by atoms with Crippen LogP contribution >= 0.6 is 23.2 Å². The third-order valence-corrected chi connectivity index (χ3v) is 3.99. The van der Waals surface area contributed by atoms with Gasteiger partial charge in [0.15, 0.2) is 11.3 Å². The minimum Gasteiger partial charge on any atom is -0.294 e. The van der Waals surface area contributed by atoms with Gasteiger partial charge in [0.2, 0.25) is 5.95 Å². The van der Waals surface area contributed by atoms with Gasteiger partial charge in [0, 0.05) is 16.8 Å². The lowest BCUT2D eigenvalue weighted by Gasteiger charge is -2.43. The second kappa shape index (κ2) is 5.72. The molecule has 1 fully saturated rings. The summed E-state index contributed by atoms with van der Waals surface area (Å²) in [5, 5.41) is 2.12. The first-order valence-corrected chi connectivity index (χ1v) is 7.33. The van der Waals surface area contributed by atoms with Crippen molar-refractivity contribution in [2.45, 2.75) is 18.5 Å². The average molecular weight is 339 g/mol. The van der Waals surface area contributed by atoms with Crippen LogP contribution in [0, 0.1) is 6.92 Å². The molecule has 0 unspecified atom stereocenters. The van der Waals surface area contributed by atoms with E-state index in [4.69, 9.17) is 23.2 Å². The molecular weight excluding hydrogens is 327 g/mol. The van der Waals surface area contributed by atoms with Crippen LogP contribution in [0.25, 0.3) is 0 Å². The van der Waals surface area contributed by atoms with E-state index < -0.39 is 11.5 Å². The molecule has 2 atom stereocenters. The van der Waals surface area contributed by atoms with E-state index >= 15 is 0 Å². The van der Waals surface area contributed by atoms with Gasteiger partial charge in [-0.3, -0.25) is 20.0 Å². The second-order valence-corrected chi connectivity index (χ2v) is 5.80. The van der Waals surface area contributed by atoms with Crippen LogP contribution in [0.15, 0.2) is 35.1 Å². The quantitative estimate of drug-likeness (QED) is 0.662. The molecule has 0 spiro atoms. The molecular formula is C14H12Cl2N4O2. The summed E-state index contributed by atoms with van der Waals surface area (Å²) in [7, 11) is 0. The number of hydrazine groups is 1.